The van der Waals surface area contributed by atoms with Crippen molar-refractivity contribution >= 4 is 11.9 Å². The van der Waals surface area contributed by atoms with E-state index < -0.39 is 0 Å². The van der Waals surface area contributed by atoms with Gasteiger partial charge in [0.05, 0.1) is 11.8 Å². The molecular weight excluding hydrogens is 256 g/mol. The van der Waals surface area contributed by atoms with Crippen LogP contribution in [0.25, 0.3) is 0 Å². The molecule has 4 heteroatoms. The molecule has 0 radical (unpaired) electrons. The monoisotopic (exact) mass is 278 g/mol. The van der Waals surface area contributed by atoms with Gasteiger partial charge < -0.3 is 0 Å². The van der Waals surface area contributed by atoms with Crippen LogP contribution in [0.2, 0.25) is 0 Å². The lowest BCUT2D eigenvalue weighted by atomic mass is 9.89. The first-order valence-corrected chi connectivity index (χ1v) is 8.13. The molecule has 6 atom stereocenters. The molecule has 0 amide bonds. The fourth-order valence-corrected chi connectivity index (χ4v) is 5.27. The van der Waals surface area contributed by atoms with Crippen LogP contribution in [0.1, 0.15) is 51.4 Å². The minimum atomic E-state index is -0.311. The van der Waals surface area contributed by atoms with Gasteiger partial charge in [0, 0.05) is 0 Å². The number of fused-ring (bicyclic) bond motifs is 4. The van der Waals surface area contributed by atoms with Crippen molar-refractivity contribution in [1.29, 1.82) is 0 Å². The molecule has 0 N–H and O–H groups in total. The molecule has 0 spiro atoms. The van der Waals surface area contributed by atoms with Crippen molar-refractivity contribution in [2.75, 3.05) is 0 Å². The molecule has 0 aromatic rings. The summed E-state index contributed by atoms with van der Waals surface area (Å²) in [5, 5.41) is 0. The number of hydrogen-bond acceptors (Lipinski definition) is 4. The number of carbonyl (C=O) groups is 2. The van der Waals surface area contributed by atoms with Crippen molar-refractivity contribution in [3.05, 3.63) is 0 Å². The second kappa shape index (κ2) is 4.74. The van der Waals surface area contributed by atoms with E-state index in [9.17, 15) is 9.59 Å². The maximum atomic E-state index is 12.0. The van der Waals surface area contributed by atoms with Crippen LogP contribution in [0.3, 0.4) is 0 Å². The van der Waals surface area contributed by atoms with E-state index in [1.165, 1.54) is 12.8 Å². The molecule has 0 unspecified atom stereocenters. The van der Waals surface area contributed by atoms with E-state index in [0.717, 1.165) is 38.5 Å². The first-order valence-electron chi connectivity index (χ1n) is 8.13. The average molecular weight is 278 g/mol. The van der Waals surface area contributed by atoms with Crippen LogP contribution in [0.5, 0.6) is 0 Å². The minimum absolute atomic E-state index is 0.0263. The van der Waals surface area contributed by atoms with Gasteiger partial charge >= 0.3 is 11.9 Å². The van der Waals surface area contributed by atoms with Gasteiger partial charge in [-0.25, -0.2) is 19.4 Å². The summed E-state index contributed by atoms with van der Waals surface area (Å²) in [6.07, 6.45) is 8.92. The van der Waals surface area contributed by atoms with Crippen molar-refractivity contribution in [2.45, 2.75) is 51.4 Å². The Labute approximate surface area is 119 Å². The molecule has 4 rings (SSSR count). The fraction of sp³-hybridized carbons (Fsp3) is 0.875. The Morgan fingerprint density at radius 3 is 1.40 bits per heavy atom. The highest BCUT2D eigenvalue weighted by Crippen LogP contribution is 2.50. The summed E-state index contributed by atoms with van der Waals surface area (Å²) in [5.41, 5.74) is 0. The fourth-order valence-electron chi connectivity index (χ4n) is 5.27. The summed E-state index contributed by atoms with van der Waals surface area (Å²) >= 11 is 0. The topological polar surface area (TPSA) is 52.6 Å². The third kappa shape index (κ3) is 2.04. The predicted octanol–water partition coefficient (Wildman–Crippen LogP) is 2.86. The largest absolute Gasteiger partial charge is 0.358 e. The average Bonchev–Trinajstić information content (AvgIpc) is 3.22. The van der Waals surface area contributed by atoms with Crippen LogP contribution in [0.15, 0.2) is 0 Å². The van der Waals surface area contributed by atoms with E-state index in [4.69, 9.17) is 9.78 Å². The van der Waals surface area contributed by atoms with Gasteiger partial charge in [0.2, 0.25) is 0 Å². The van der Waals surface area contributed by atoms with Crippen molar-refractivity contribution in [3.63, 3.8) is 0 Å². The Bertz CT molecular complexity index is 392. The molecule has 4 fully saturated rings. The number of rotatable bonds is 2. The zero-order valence-corrected chi connectivity index (χ0v) is 11.8. The van der Waals surface area contributed by atoms with Crippen LogP contribution in [-0.2, 0) is 19.4 Å². The molecule has 4 aliphatic rings. The van der Waals surface area contributed by atoms with Crippen LogP contribution >= 0.6 is 0 Å². The van der Waals surface area contributed by atoms with Crippen LogP contribution in [0, 0.1) is 35.5 Å². The molecule has 0 aliphatic heterocycles. The van der Waals surface area contributed by atoms with Crippen molar-refractivity contribution < 1.29 is 19.4 Å². The van der Waals surface area contributed by atoms with E-state index in [1.54, 1.807) is 0 Å². The molecular formula is C16H22O4. The molecule has 4 saturated carbocycles. The van der Waals surface area contributed by atoms with Crippen LogP contribution in [-0.4, -0.2) is 11.9 Å². The van der Waals surface area contributed by atoms with Crippen LogP contribution in [0.4, 0.5) is 0 Å². The normalized spacial score (nSPS) is 44.8. The van der Waals surface area contributed by atoms with E-state index in [-0.39, 0.29) is 23.8 Å². The quantitative estimate of drug-likeness (QED) is 0.575. The van der Waals surface area contributed by atoms with Gasteiger partial charge in [0.15, 0.2) is 0 Å². The zero-order valence-electron chi connectivity index (χ0n) is 11.8. The van der Waals surface area contributed by atoms with E-state index in [0.29, 0.717) is 23.7 Å². The van der Waals surface area contributed by atoms with Gasteiger partial charge in [-0.3, -0.25) is 0 Å². The first kappa shape index (κ1) is 12.7. The summed E-state index contributed by atoms with van der Waals surface area (Å²) in [5.74, 6) is 1.64. The summed E-state index contributed by atoms with van der Waals surface area (Å²) in [6.45, 7) is 0. The maximum absolute atomic E-state index is 12.0. The molecule has 4 nitrogen and oxygen atoms in total. The third-order valence-electron chi connectivity index (χ3n) is 6.29. The highest BCUT2D eigenvalue weighted by Gasteiger charge is 2.46. The molecule has 4 bridgehead atoms. The van der Waals surface area contributed by atoms with Crippen molar-refractivity contribution in [1.82, 2.24) is 0 Å². The van der Waals surface area contributed by atoms with Crippen molar-refractivity contribution in [2.24, 2.45) is 35.5 Å². The lowest BCUT2D eigenvalue weighted by Crippen LogP contribution is -2.28. The zero-order chi connectivity index (χ0) is 13.7. The summed E-state index contributed by atoms with van der Waals surface area (Å²) in [6, 6.07) is 0. The third-order valence-corrected chi connectivity index (χ3v) is 6.29. The standard InChI is InChI=1S/C16H22O4/c17-15(13-7-9-1-3-11(13)5-9)19-20-16(18)14-8-10-2-4-12(14)6-10/h9-14H,1-8H2/t9-,10-,11+,12+,13-,14-/m1/s1. The second-order valence-corrected chi connectivity index (χ2v) is 7.37. The van der Waals surface area contributed by atoms with Crippen LogP contribution < -0.4 is 0 Å². The highest BCUT2D eigenvalue weighted by atomic mass is 17.2. The summed E-state index contributed by atoms with van der Waals surface area (Å²) in [4.78, 5) is 33.8. The van der Waals surface area contributed by atoms with Crippen molar-refractivity contribution in [3.8, 4) is 0 Å². The van der Waals surface area contributed by atoms with Gasteiger partial charge in [-0.05, 0) is 62.2 Å². The number of carbonyl (C=O) groups excluding carboxylic acids is 2. The lowest BCUT2D eigenvalue weighted by Gasteiger charge is -2.21. The van der Waals surface area contributed by atoms with E-state index >= 15 is 0 Å². The van der Waals surface area contributed by atoms with Gasteiger partial charge in [-0.1, -0.05) is 12.8 Å². The number of hydrogen-bond donors (Lipinski definition) is 0. The lowest BCUT2D eigenvalue weighted by molar-refractivity contribution is -0.267. The molecule has 20 heavy (non-hydrogen) atoms. The Morgan fingerprint density at radius 2 is 1.10 bits per heavy atom. The summed E-state index contributed by atoms with van der Waals surface area (Å²) < 4.78 is 0. The molecule has 4 aliphatic carbocycles. The second-order valence-electron chi connectivity index (χ2n) is 7.37. The SMILES string of the molecule is O=C(OOC(=O)[C@@H]1C[C@@H]2CC[C@H]1C2)[C@@H]1C[C@@H]2CC[C@H]1C2. The Morgan fingerprint density at radius 1 is 0.650 bits per heavy atom. The molecule has 0 aromatic heterocycles. The predicted molar refractivity (Wildman–Crippen MR) is 70.1 cm³/mol. The molecule has 0 heterocycles. The smallest absolute Gasteiger partial charge is 0.247 e. The molecule has 110 valence electrons. The Kier molecular flexibility index (Phi) is 3.00. The molecule has 0 aromatic carbocycles. The van der Waals surface area contributed by atoms with Gasteiger partial charge in [0.1, 0.15) is 0 Å². The van der Waals surface area contributed by atoms with E-state index in [1.807, 2.05) is 0 Å². The van der Waals surface area contributed by atoms with Gasteiger partial charge in [-0.15, -0.1) is 0 Å². The maximum Gasteiger partial charge on any atom is 0.358 e. The van der Waals surface area contributed by atoms with Gasteiger partial charge in [0.25, 0.3) is 0 Å². The first-order chi connectivity index (χ1) is 9.70. The Balaban J connectivity index is 1.28. The molecule has 0 saturated heterocycles. The van der Waals surface area contributed by atoms with E-state index in [2.05, 4.69) is 0 Å². The highest BCUT2D eigenvalue weighted by molar-refractivity contribution is 5.76. The van der Waals surface area contributed by atoms with Gasteiger partial charge in [-0.2, -0.15) is 0 Å². The minimum Gasteiger partial charge on any atom is -0.247 e. The summed E-state index contributed by atoms with van der Waals surface area (Å²) in [7, 11) is 0. The Hall–Kier alpha value is -1.06.